The smallest absolute Gasteiger partial charge is 0.356 e. The molecule has 3 N–H and O–H groups in total. The van der Waals surface area contributed by atoms with E-state index in [0.717, 1.165) is 5.56 Å². The van der Waals surface area contributed by atoms with Crippen molar-refractivity contribution in [1.82, 2.24) is 14.5 Å². The van der Waals surface area contributed by atoms with Crippen LogP contribution in [0.5, 0.6) is 11.6 Å². The molecule has 0 fully saturated rings. The Bertz CT molecular complexity index is 1400. The zero-order valence-corrected chi connectivity index (χ0v) is 21.6. The van der Waals surface area contributed by atoms with E-state index in [1.807, 2.05) is 26.0 Å². The fourth-order valence-corrected chi connectivity index (χ4v) is 4.98. The summed E-state index contributed by atoms with van der Waals surface area (Å²) >= 11 is 0. The van der Waals surface area contributed by atoms with Gasteiger partial charge in [0.2, 0.25) is 15.9 Å². The van der Waals surface area contributed by atoms with Crippen molar-refractivity contribution in [2.24, 2.45) is 0 Å². The number of amides is 1. The van der Waals surface area contributed by atoms with Crippen LogP contribution in [0.25, 0.3) is 0 Å². The summed E-state index contributed by atoms with van der Waals surface area (Å²) in [7, 11) is -4.07. The first kappa shape index (κ1) is 26.9. The second-order valence-corrected chi connectivity index (χ2v) is 10.0. The maximum absolute atomic E-state index is 13.3. The molecule has 0 aliphatic rings. The van der Waals surface area contributed by atoms with Gasteiger partial charge in [0, 0.05) is 29.4 Å². The van der Waals surface area contributed by atoms with Gasteiger partial charge in [-0.25, -0.2) is 22.6 Å². The van der Waals surface area contributed by atoms with Crippen molar-refractivity contribution in [3.63, 3.8) is 0 Å². The Morgan fingerprint density at radius 1 is 1.14 bits per heavy atom. The third-order valence-electron chi connectivity index (χ3n) is 5.69. The predicted molar refractivity (Wildman–Crippen MR) is 135 cm³/mol. The monoisotopic (exact) mass is 514 g/mol. The number of benzene rings is 2. The number of carbonyl (C=O) groups excluding carboxylic acids is 1. The first-order valence-electron chi connectivity index (χ1n) is 11.5. The van der Waals surface area contributed by atoms with Crippen molar-refractivity contribution >= 4 is 27.6 Å². The molecule has 0 aliphatic heterocycles. The molecule has 0 radical (unpaired) electrons. The highest BCUT2D eigenvalue weighted by Crippen LogP contribution is 2.34. The molecule has 0 bridgehead atoms. The normalized spacial score (nSPS) is 12.2. The molecule has 3 rings (SSSR count). The van der Waals surface area contributed by atoms with Gasteiger partial charge in [-0.1, -0.05) is 25.1 Å². The maximum atomic E-state index is 13.3. The van der Waals surface area contributed by atoms with Gasteiger partial charge in [-0.3, -0.25) is 4.79 Å². The van der Waals surface area contributed by atoms with Crippen molar-refractivity contribution in [2.75, 3.05) is 5.32 Å². The minimum absolute atomic E-state index is 0.0330. The number of nitrogens with one attached hydrogen (secondary N) is 2. The number of hydrogen-bond donors (Lipinski definition) is 3. The largest absolute Gasteiger partial charge is 0.476 e. The first-order valence-corrected chi connectivity index (χ1v) is 13.0. The van der Waals surface area contributed by atoms with Crippen LogP contribution in [-0.2, 0) is 16.6 Å². The van der Waals surface area contributed by atoms with Crippen LogP contribution >= 0.6 is 0 Å². The van der Waals surface area contributed by atoms with E-state index in [1.165, 1.54) is 22.9 Å². The molecule has 192 valence electrons. The minimum atomic E-state index is -4.07. The summed E-state index contributed by atoms with van der Waals surface area (Å²) in [4.78, 5) is 24.2. The second-order valence-electron chi connectivity index (χ2n) is 8.36. The molecule has 0 saturated carbocycles. The number of rotatable bonds is 10. The SMILES string of the molecule is CCC(C)NS(=O)(=O)c1cc(NC(=O)c2ccccc2C)ccc1Oc1c(C)c(C(=O)O)nn1CC. The van der Waals surface area contributed by atoms with Gasteiger partial charge in [0.1, 0.15) is 10.6 Å². The van der Waals surface area contributed by atoms with E-state index in [2.05, 4.69) is 15.1 Å². The summed E-state index contributed by atoms with van der Waals surface area (Å²) in [6.45, 7) is 9.00. The average molecular weight is 515 g/mol. The van der Waals surface area contributed by atoms with E-state index >= 15 is 0 Å². The van der Waals surface area contributed by atoms with Crippen LogP contribution in [0.4, 0.5) is 5.69 Å². The van der Waals surface area contributed by atoms with Crippen molar-refractivity contribution in [3.8, 4) is 11.6 Å². The molecule has 1 amide bonds. The summed E-state index contributed by atoms with van der Waals surface area (Å²) in [6.07, 6.45) is 0.558. The van der Waals surface area contributed by atoms with Crippen LogP contribution < -0.4 is 14.8 Å². The fourth-order valence-electron chi connectivity index (χ4n) is 3.50. The maximum Gasteiger partial charge on any atom is 0.356 e. The van der Waals surface area contributed by atoms with E-state index in [0.29, 0.717) is 18.5 Å². The lowest BCUT2D eigenvalue weighted by Gasteiger charge is -2.17. The van der Waals surface area contributed by atoms with Gasteiger partial charge in [-0.15, -0.1) is 0 Å². The van der Waals surface area contributed by atoms with Crippen LogP contribution in [0.3, 0.4) is 0 Å². The van der Waals surface area contributed by atoms with E-state index in [1.54, 1.807) is 32.9 Å². The third kappa shape index (κ3) is 5.74. The predicted octanol–water partition coefficient (Wildman–Crippen LogP) is 4.34. The van der Waals surface area contributed by atoms with Gasteiger partial charge in [0.05, 0.1) is 0 Å². The van der Waals surface area contributed by atoms with Crippen LogP contribution in [0.1, 0.15) is 59.2 Å². The van der Waals surface area contributed by atoms with Gasteiger partial charge in [-0.2, -0.15) is 5.10 Å². The Hall–Kier alpha value is -3.70. The number of nitrogens with zero attached hydrogens (tertiary/aromatic N) is 2. The highest BCUT2D eigenvalue weighted by Gasteiger charge is 2.26. The number of carboxylic acids is 1. The van der Waals surface area contributed by atoms with Gasteiger partial charge in [0.15, 0.2) is 5.69 Å². The van der Waals surface area contributed by atoms with Crippen molar-refractivity contribution in [1.29, 1.82) is 0 Å². The topological polar surface area (TPSA) is 140 Å². The molecule has 11 heteroatoms. The molecule has 10 nitrogen and oxygen atoms in total. The summed E-state index contributed by atoms with van der Waals surface area (Å²) in [5.74, 6) is -1.52. The molecule has 1 atom stereocenters. The third-order valence-corrected chi connectivity index (χ3v) is 7.30. The number of ether oxygens (including phenoxy) is 1. The Morgan fingerprint density at radius 3 is 2.44 bits per heavy atom. The Balaban J connectivity index is 2.07. The summed E-state index contributed by atoms with van der Waals surface area (Å²) in [5.41, 5.74) is 1.57. The average Bonchev–Trinajstić information content (AvgIpc) is 3.15. The van der Waals surface area contributed by atoms with Gasteiger partial charge in [0.25, 0.3) is 5.91 Å². The van der Waals surface area contributed by atoms with Gasteiger partial charge in [-0.05, 0) is 63.9 Å². The molecule has 1 unspecified atom stereocenters. The first-order chi connectivity index (χ1) is 17.0. The van der Waals surface area contributed by atoms with Crippen molar-refractivity contribution < 1.29 is 27.9 Å². The molecule has 3 aromatic rings. The summed E-state index contributed by atoms with van der Waals surface area (Å²) in [6, 6.07) is 11.0. The number of hydrogen-bond acceptors (Lipinski definition) is 6. The number of carboxylic acid groups (broad SMARTS) is 1. The van der Waals surface area contributed by atoms with E-state index in [4.69, 9.17) is 4.74 Å². The molecule has 0 saturated heterocycles. The van der Waals surface area contributed by atoms with Crippen molar-refractivity contribution in [2.45, 2.75) is 58.5 Å². The standard InChI is InChI=1S/C25H30N4O6S/c1-6-16(4)28-36(33,34)21-14-18(26-23(30)19-11-9-8-10-15(19)3)12-13-20(21)35-24-17(5)22(25(31)32)27-29(24)7-2/h8-14,16,28H,6-7H2,1-5H3,(H,26,30)(H,31,32). The minimum Gasteiger partial charge on any atom is -0.476 e. The molecular weight excluding hydrogens is 484 g/mol. The van der Waals surface area contributed by atoms with E-state index in [9.17, 15) is 23.1 Å². The van der Waals surface area contributed by atoms with Crippen LogP contribution in [-0.4, -0.2) is 41.2 Å². The molecule has 1 aromatic heterocycles. The molecule has 0 spiro atoms. The van der Waals surface area contributed by atoms with Crippen molar-refractivity contribution in [3.05, 3.63) is 64.8 Å². The lowest BCUT2D eigenvalue weighted by atomic mass is 10.1. The quantitative estimate of drug-likeness (QED) is 0.366. The molecule has 1 heterocycles. The lowest BCUT2D eigenvalue weighted by Crippen LogP contribution is -2.32. The number of carbonyl (C=O) groups is 2. The van der Waals surface area contributed by atoms with Crippen LogP contribution in [0, 0.1) is 13.8 Å². The Kier molecular flexibility index (Phi) is 8.16. The number of aromatic nitrogens is 2. The van der Waals surface area contributed by atoms with Gasteiger partial charge >= 0.3 is 5.97 Å². The summed E-state index contributed by atoms with van der Waals surface area (Å²) in [5, 5.41) is 16.2. The lowest BCUT2D eigenvalue weighted by molar-refractivity contribution is 0.0688. The van der Waals surface area contributed by atoms with Crippen LogP contribution in [0.15, 0.2) is 47.4 Å². The Labute approximate surface area is 210 Å². The van der Waals surface area contributed by atoms with E-state index in [-0.39, 0.29) is 45.4 Å². The second kappa shape index (κ2) is 10.9. The highest BCUT2D eigenvalue weighted by molar-refractivity contribution is 7.89. The zero-order chi connectivity index (χ0) is 26.6. The Morgan fingerprint density at radius 2 is 1.83 bits per heavy atom. The highest BCUT2D eigenvalue weighted by atomic mass is 32.2. The molecular formula is C25H30N4O6S. The number of sulfonamides is 1. The fraction of sp³-hybridized carbons (Fsp3) is 0.320. The molecule has 0 aliphatic carbocycles. The zero-order valence-electron chi connectivity index (χ0n) is 20.8. The van der Waals surface area contributed by atoms with Gasteiger partial charge < -0.3 is 15.2 Å². The number of anilines is 1. The van der Waals surface area contributed by atoms with E-state index < -0.39 is 16.0 Å². The van der Waals surface area contributed by atoms with Crippen LogP contribution in [0.2, 0.25) is 0 Å². The molecule has 36 heavy (non-hydrogen) atoms. The summed E-state index contributed by atoms with van der Waals surface area (Å²) < 4.78 is 36.5. The number of aryl methyl sites for hydroxylation is 2. The number of aromatic carboxylic acids is 1. The molecule has 2 aromatic carbocycles.